The molecule has 2 heteroatoms. The van der Waals surface area contributed by atoms with E-state index in [-0.39, 0.29) is 0 Å². The van der Waals surface area contributed by atoms with Gasteiger partial charge in [0.15, 0.2) is 0 Å². The smallest absolute Gasteiger partial charge is 0.0483 e. The number of hydrogen-bond donors (Lipinski definition) is 0. The standard InChI is InChI=1S/C17H24N2/c1-2-3-4-7-10-18-11-12-19-16(14-18)13-15-8-5-6-9-17(15)19/h5-6,8-9,13H,2-4,7,10-12,14H2,1H3. The van der Waals surface area contributed by atoms with Crippen molar-refractivity contribution in [1.82, 2.24) is 9.47 Å². The molecule has 2 aromatic rings. The van der Waals surface area contributed by atoms with Crippen LogP contribution in [-0.4, -0.2) is 22.6 Å². The van der Waals surface area contributed by atoms with Crippen LogP contribution >= 0.6 is 0 Å². The first-order chi connectivity index (χ1) is 9.38. The van der Waals surface area contributed by atoms with E-state index in [2.05, 4.69) is 46.7 Å². The molecule has 0 saturated heterocycles. The summed E-state index contributed by atoms with van der Waals surface area (Å²) in [6.45, 7) is 7.02. The van der Waals surface area contributed by atoms with Crippen LogP contribution in [0.25, 0.3) is 10.9 Å². The molecule has 0 radical (unpaired) electrons. The number of aromatic nitrogens is 1. The zero-order valence-electron chi connectivity index (χ0n) is 11.9. The van der Waals surface area contributed by atoms with Crippen LogP contribution in [0.5, 0.6) is 0 Å². The summed E-state index contributed by atoms with van der Waals surface area (Å²) in [5, 5.41) is 1.39. The molecule has 0 N–H and O–H groups in total. The third-order valence-corrected chi connectivity index (χ3v) is 4.25. The van der Waals surface area contributed by atoms with Gasteiger partial charge in [-0.05, 0) is 30.5 Å². The SMILES string of the molecule is CCCCCCN1CCn2c(cc3ccccc32)C1. The van der Waals surface area contributed by atoms with Gasteiger partial charge < -0.3 is 4.57 Å². The van der Waals surface area contributed by atoms with Crippen molar-refractivity contribution in [3.8, 4) is 0 Å². The Labute approximate surface area is 116 Å². The molecule has 0 bridgehead atoms. The molecule has 0 amide bonds. The van der Waals surface area contributed by atoms with Gasteiger partial charge in [-0.25, -0.2) is 0 Å². The number of rotatable bonds is 5. The van der Waals surface area contributed by atoms with Gasteiger partial charge in [0.05, 0.1) is 0 Å². The van der Waals surface area contributed by atoms with E-state index in [1.807, 2.05) is 0 Å². The summed E-state index contributed by atoms with van der Waals surface area (Å²) in [5.74, 6) is 0. The van der Waals surface area contributed by atoms with E-state index in [1.54, 1.807) is 0 Å². The number of benzene rings is 1. The molecule has 2 nitrogen and oxygen atoms in total. The fourth-order valence-electron chi connectivity index (χ4n) is 3.17. The van der Waals surface area contributed by atoms with E-state index >= 15 is 0 Å². The van der Waals surface area contributed by atoms with Crippen LogP contribution in [0.4, 0.5) is 0 Å². The van der Waals surface area contributed by atoms with Crippen molar-refractivity contribution in [2.24, 2.45) is 0 Å². The lowest BCUT2D eigenvalue weighted by molar-refractivity contribution is 0.219. The third kappa shape index (κ3) is 2.69. The quantitative estimate of drug-likeness (QED) is 0.733. The maximum Gasteiger partial charge on any atom is 0.0483 e. The first kappa shape index (κ1) is 12.7. The summed E-state index contributed by atoms with van der Waals surface area (Å²) in [7, 11) is 0. The molecule has 3 rings (SSSR count). The Bertz CT molecular complexity index is 541. The fourth-order valence-corrected chi connectivity index (χ4v) is 3.17. The second kappa shape index (κ2) is 5.79. The topological polar surface area (TPSA) is 8.17 Å². The molecule has 0 spiro atoms. The summed E-state index contributed by atoms with van der Waals surface area (Å²) < 4.78 is 2.50. The predicted molar refractivity (Wildman–Crippen MR) is 81.4 cm³/mol. The average molecular weight is 256 g/mol. The first-order valence-corrected chi connectivity index (χ1v) is 7.68. The predicted octanol–water partition coefficient (Wildman–Crippen LogP) is 4.04. The minimum atomic E-state index is 1.13. The lowest BCUT2D eigenvalue weighted by atomic mass is 10.2. The molecule has 0 fully saturated rings. The molecule has 0 aliphatic carbocycles. The van der Waals surface area contributed by atoms with E-state index in [0.717, 1.165) is 13.1 Å². The number of nitrogens with zero attached hydrogens (tertiary/aromatic N) is 2. The highest BCUT2D eigenvalue weighted by atomic mass is 15.2. The van der Waals surface area contributed by atoms with E-state index < -0.39 is 0 Å². The Morgan fingerprint density at radius 3 is 2.84 bits per heavy atom. The molecule has 0 saturated carbocycles. The van der Waals surface area contributed by atoms with Crippen molar-refractivity contribution < 1.29 is 0 Å². The molecule has 0 unspecified atom stereocenters. The van der Waals surface area contributed by atoms with Crippen molar-refractivity contribution in [3.63, 3.8) is 0 Å². The van der Waals surface area contributed by atoms with Crippen LogP contribution in [-0.2, 0) is 13.1 Å². The average Bonchev–Trinajstić information content (AvgIpc) is 2.81. The minimum absolute atomic E-state index is 1.13. The van der Waals surface area contributed by atoms with E-state index in [9.17, 15) is 0 Å². The Morgan fingerprint density at radius 1 is 1.05 bits per heavy atom. The Hall–Kier alpha value is -1.28. The zero-order valence-corrected chi connectivity index (χ0v) is 11.9. The molecule has 1 aromatic heterocycles. The summed E-state index contributed by atoms with van der Waals surface area (Å²) >= 11 is 0. The lowest BCUT2D eigenvalue weighted by Crippen LogP contribution is -2.33. The van der Waals surface area contributed by atoms with Crippen molar-refractivity contribution in [2.75, 3.05) is 13.1 Å². The second-order valence-electron chi connectivity index (χ2n) is 5.68. The largest absolute Gasteiger partial charge is 0.342 e. The molecule has 102 valence electrons. The molecule has 19 heavy (non-hydrogen) atoms. The number of hydrogen-bond acceptors (Lipinski definition) is 1. The number of para-hydroxylation sites is 1. The van der Waals surface area contributed by atoms with Gasteiger partial charge in [-0.2, -0.15) is 0 Å². The van der Waals surface area contributed by atoms with Gasteiger partial charge in [-0.1, -0.05) is 44.4 Å². The highest BCUT2D eigenvalue weighted by Gasteiger charge is 2.17. The number of unbranched alkanes of at least 4 members (excludes halogenated alkanes) is 3. The summed E-state index contributed by atoms with van der Waals surface area (Å²) in [6, 6.07) is 11.1. The highest BCUT2D eigenvalue weighted by molar-refractivity contribution is 5.81. The van der Waals surface area contributed by atoms with Gasteiger partial charge in [0, 0.05) is 30.8 Å². The van der Waals surface area contributed by atoms with Crippen LogP contribution in [0.3, 0.4) is 0 Å². The Balaban J connectivity index is 1.67. The molecule has 1 aliphatic heterocycles. The van der Waals surface area contributed by atoms with Gasteiger partial charge in [0.2, 0.25) is 0 Å². The van der Waals surface area contributed by atoms with Crippen LogP contribution in [0.2, 0.25) is 0 Å². The van der Waals surface area contributed by atoms with Gasteiger partial charge in [0.1, 0.15) is 0 Å². The minimum Gasteiger partial charge on any atom is -0.342 e. The highest BCUT2D eigenvalue weighted by Crippen LogP contribution is 2.24. The normalized spacial score (nSPS) is 15.8. The van der Waals surface area contributed by atoms with Crippen LogP contribution < -0.4 is 0 Å². The molecular weight excluding hydrogens is 232 g/mol. The second-order valence-corrected chi connectivity index (χ2v) is 5.68. The van der Waals surface area contributed by atoms with Gasteiger partial charge in [-0.15, -0.1) is 0 Å². The molecule has 0 atom stereocenters. The number of fused-ring (bicyclic) bond motifs is 3. The zero-order chi connectivity index (χ0) is 13.1. The van der Waals surface area contributed by atoms with Crippen LogP contribution in [0.15, 0.2) is 30.3 Å². The van der Waals surface area contributed by atoms with Gasteiger partial charge in [-0.3, -0.25) is 4.90 Å². The lowest BCUT2D eigenvalue weighted by Gasteiger charge is -2.28. The maximum absolute atomic E-state index is 2.61. The van der Waals surface area contributed by atoms with Gasteiger partial charge >= 0.3 is 0 Å². The Morgan fingerprint density at radius 2 is 1.95 bits per heavy atom. The molecule has 1 aliphatic rings. The van der Waals surface area contributed by atoms with E-state index in [4.69, 9.17) is 0 Å². The van der Waals surface area contributed by atoms with Crippen LogP contribution in [0.1, 0.15) is 38.3 Å². The monoisotopic (exact) mass is 256 g/mol. The van der Waals surface area contributed by atoms with Gasteiger partial charge in [0.25, 0.3) is 0 Å². The van der Waals surface area contributed by atoms with Crippen molar-refractivity contribution >= 4 is 10.9 Å². The fraction of sp³-hybridized carbons (Fsp3) is 0.529. The van der Waals surface area contributed by atoms with Crippen LogP contribution in [0, 0.1) is 0 Å². The molecule has 1 aromatic carbocycles. The van der Waals surface area contributed by atoms with E-state index in [0.29, 0.717) is 0 Å². The molecular formula is C17H24N2. The summed E-state index contributed by atoms with van der Waals surface area (Å²) in [4.78, 5) is 2.61. The van der Waals surface area contributed by atoms with Crippen molar-refractivity contribution in [3.05, 3.63) is 36.0 Å². The summed E-state index contributed by atoms with van der Waals surface area (Å²) in [5.41, 5.74) is 2.89. The van der Waals surface area contributed by atoms with Crippen molar-refractivity contribution in [1.29, 1.82) is 0 Å². The maximum atomic E-state index is 2.61. The van der Waals surface area contributed by atoms with Crippen molar-refractivity contribution in [2.45, 2.75) is 45.7 Å². The molecule has 2 heterocycles. The third-order valence-electron chi connectivity index (χ3n) is 4.25. The first-order valence-electron chi connectivity index (χ1n) is 7.68. The van der Waals surface area contributed by atoms with E-state index in [1.165, 1.54) is 55.4 Å². The summed E-state index contributed by atoms with van der Waals surface area (Å²) in [6.07, 6.45) is 5.45. The Kier molecular flexibility index (Phi) is 3.88.